The lowest BCUT2D eigenvalue weighted by Crippen LogP contribution is -2.18. The molecule has 0 fully saturated rings. The summed E-state index contributed by atoms with van der Waals surface area (Å²) < 4.78 is 11.0. The molecule has 7 nitrogen and oxygen atoms in total. The summed E-state index contributed by atoms with van der Waals surface area (Å²) in [5.74, 6) is 1.44. The number of ether oxygens (including phenoxy) is 2. The highest BCUT2D eigenvalue weighted by molar-refractivity contribution is 5.86. The van der Waals surface area contributed by atoms with Crippen LogP contribution in [0, 0.1) is 33.6 Å². The number of esters is 1. The maximum atomic E-state index is 11.6. The number of carbonyl (C=O) groups is 1. The van der Waals surface area contributed by atoms with E-state index in [1.54, 1.807) is 25.1 Å². The summed E-state index contributed by atoms with van der Waals surface area (Å²) in [7, 11) is 0. The summed E-state index contributed by atoms with van der Waals surface area (Å²) in [5, 5.41) is 11.0. The molecule has 0 saturated carbocycles. The molecule has 0 amide bonds. The van der Waals surface area contributed by atoms with Crippen LogP contribution >= 0.6 is 0 Å². The van der Waals surface area contributed by atoms with E-state index in [-0.39, 0.29) is 18.3 Å². The number of phenols is 1. The fourth-order valence-corrected chi connectivity index (χ4v) is 4.28. The first-order valence-electron chi connectivity index (χ1n) is 13.2. The zero-order valence-electron chi connectivity index (χ0n) is 23.9. The van der Waals surface area contributed by atoms with Crippen LogP contribution in [-0.4, -0.2) is 39.2 Å². The number of nitrogens with zero attached hydrogens (tertiary/aromatic N) is 3. The molecule has 0 aliphatic heterocycles. The lowest BCUT2D eigenvalue weighted by Gasteiger charge is -2.15. The van der Waals surface area contributed by atoms with Crippen molar-refractivity contribution in [1.29, 1.82) is 0 Å². The van der Waals surface area contributed by atoms with Gasteiger partial charge in [-0.15, -0.1) is 0 Å². The molecule has 4 rings (SSSR count). The number of carbonyl (C=O) groups excluding carboxylic acids is 1. The molecular weight excluding hydrogens is 502 g/mol. The van der Waals surface area contributed by atoms with Gasteiger partial charge < -0.3 is 14.6 Å². The molecule has 0 spiro atoms. The molecular formula is C33H35N3O4. The molecule has 3 aromatic carbocycles. The van der Waals surface area contributed by atoms with E-state index in [1.807, 2.05) is 58.9 Å². The second-order valence-electron chi connectivity index (χ2n) is 10.4. The van der Waals surface area contributed by atoms with E-state index in [0.29, 0.717) is 41.0 Å². The molecule has 1 heterocycles. The van der Waals surface area contributed by atoms with Gasteiger partial charge in [0.1, 0.15) is 11.5 Å². The topological polar surface area (TPSA) is 94.4 Å². The van der Waals surface area contributed by atoms with E-state index in [2.05, 4.69) is 18.7 Å². The Kier molecular flexibility index (Phi) is 8.63. The number of rotatable bonds is 9. The molecule has 0 radical (unpaired) electrons. The zero-order chi connectivity index (χ0) is 29.0. The molecule has 0 aliphatic carbocycles. The molecule has 1 aromatic heterocycles. The predicted molar refractivity (Wildman–Crippen MR) is 157 cm³/mol. The van der Waals surface area contributed by atoms with Gasteiger partial charge in [0.2, 0.25) is 0 Å². The first-order chi connectivity index (χ1) is 19.0. The Hall–Kier alpha value is -4.52. The Labute approximate surface area is 235 Å². The van der Waals surface area contributed by atoms with Gasteiger partial charge in [-0.1, -0.05) is 61.0 Å². The second kappa shape index (κ2) is 12.1. The van der Waals surface area contributed by atoms with Crippen LogP contribution in [0.4, 0.5) is 0 Å². The van der Waals surface area contributed by atoms with Crippen LogP contribution in [0.3, 0.4) is 0 Å². The highest BCUT2D eigenvalue weighted by atomic mass is 16.5. The van der Waals surface area contributed by atoms with Gasteiger partial charge in [0.15, 0.2) is 17.5 Å². The Morgan fingerprint density at radius 3 is 1.77 bits per heavy atom. The van der Waals surface area contributed by atoms with Crippen molar-refractivity contribution in [3.05, 3.63) is 89.0 Å². The van der Waals surface area contributed by atoms with Crippen LogP contribution in [0.25, 0.3) is 34.2 Å². The monoisotopic (exact) mass is 537 g/mol. The van der Waals surface area contributed by atoms with Crippen LogP contribution in [0.5, 0.6) is 11.5 Å². The number of aryl methyl sites for hydroxylation is 4. The summed E-state index contributed by atoms with van der Waals surface area (Å²) in [6.45, 7) is 15.8. The van der Waals surface area contributed by atoms with Gasteiger partial charge in [-0.25, -0.2) is 19.7 Å². The molecule has 0 bridgehead atoms. The van der Waals surface area contributed by atoms with Gasteiger partial charge in [-0.3, -0.25) is 0 Å². The quantitative estimate of drug-likeness (QED) is 0.182. The molecule has 1 atom stereocenters. The van der Waals surface area contributed by atoms with Crippen molar-refractivity contribution in [2.45, 2.75) is 41.5 Å². The Balaban J connectivity index is 1.66. The molecule has 7 heteroatoms. The van der Waals surface area contributed by atoms with Crippen LogP contribution in [0.1, 0.15) is 36.1 Å². The minimum atomic E-state index is -0.424. The van der Waals surface area contributed by atoms with E-state index < -0.39 is 5.97 Å². The number of phenolic OH excluding ortho intramolecular Hbond substituents is 1. The van der Waals surface area contributed by atoms with Crippen molar-refractivity contribution < 1.29 is 19.4 Å². The van der Waals surface area contributed by atoms with Crippen LogP contribution in [0.15, 0.2) is 66.7 Å². The fraction of sp³-hybridized carbons (Fsp3) is 0.273. The van der Waals surface area contributed by atoms with Gasteiger partial charge in [0.05, 0.1) is 18.8 Å². The number of benzene rings is 3. The summed E-state index contributed by atoms with van der Waals surface area (Å²) in [6, 6.07) is 17.3. The third kappa shape index (κ3) is 6.72. The van der Waals surface area contributed by atoms with Gasteiger partial charge in [0, 0.05) is 28.7 Å². The minimum Gasteiger partial charge on any atom is -0.507 e. The van der Waals surface area contributed by atoms with Gasteiger partial charge >= 0.3 is 5.97 Å². The second-order valence-corrected chi connectivity index (χ2v) is 10.4. The standard InChI is InChI=1S/C33H35N3O4/c1-19(2)33(38)40-18-22(5)17-39-25-10-13-28(29(37)16-25)32-35-30(26-11-8-20(3)14-23(26)6)34-31(36-32)27-12-9-21(4)15-24(27)7/h8-16,22,37H,1,17-18H2,2-7H3. The predicted octanol–water partition coefficient (Wildman–Crippen LogP) is 6.95. The molecule has 1 unspecified atom stereocenters. The first kappa shape index (κ1) is 28.5. The third-order valence-electron chi connectivity index (χ3n) is 6.47. The number of hydrogen-bond donors (Lipinski definition) is 1. The summed E-state index contributed by atoms with van der Waals surface area (Å²) in [5.41, 5.74) is 7.05. The van der Waals surface area contributed by atoms with E-state index >= 15 is 0 Å². The highest BCUT2D eigenvalue weighted by Crippen LogP contribution is 2.34. The Morgan fingerprint density at radius 1 is 0.800 bits per heavy atom. The largest absolute Gasteiger partial charge is 0.507 e. The van der Waals surface area contributed by atoms with Crippen LogP contribution < -0.4 is 4.74 Å². The molecule has 4 aromatic rings. The van der Waals surface area contributed by atoms with Gasteiger partial charge in [-0.2, -0.15) is 0 Å². The average Bonchev–Trinajstić information content (AvgIpc) is 2.90. The summed E-state index contributed by atoms with van der Waals surface area (Å²) in [4.78, 5) is 26.0. The molecule has 1 N–H and O–H groups in total. The number of aromatic hydroxyl groups is 1. The molecule has 206 valence electrons. The number of aromatic nitrogens is 3. The minimum absolute atomic E-state index is 0.0109. The van der Waals surface area contributed by atoms with Crippen molar-refractivity contribution in [2.24, 2.45) is 5.92 Å². The summed E-state index contributed by atoms with van der Waals surface area (Å²) >= 11 is 0. The van der Waals surface area contributed by atoms with E-state index in [9.17, 15) is 9.90 Å². The fourth-order valence-electron chi connectivity index (χ4n) is 4.28. The lowest BCUT2D eigenvalue weighted by atomic mass is 10.0. The maximum Gasteiger partial charge on any atom is 0.333 e. The maximum absolute atomic E-state index is 11.6. The smallest absolute Gasteiger partial charge is 0.333 e. The van der Waals surface area contributed by atoms with Crippen LogP contribution in [-0.2, 0) is 9.53 Å². The van der Waals surface area contributed by atoms with Crippen molar-refractivity contribution in [3.8, 4) is 45.7 Å². The molecule has 40 heavy (non-hydrogen) atoms. The van der Waals surface area contributed by atoms with Crippen molar-refractivity contribution >= 4 is 5.97 Å². The van der Waals surface area contributed by atoms with E-state index in [4.69, 9.17) is 24.4 Å². The van der Waals surface area contributed by atoms with E-state index in [1.165, 1.54) is 0 Å². The summed E-state index contributed by atoms with van der Waals surface area (Å²) in [6.07, 6.45) is 0. The number of hydrogen-bond acceptors (Lipinski definition) is 7. The van der Waals surface area contributed by atoms with Gasteiger partial charge in [0.25, 0.3) is 0 Å². The molecule has 0 aliphatic rings. The average molecular weight is 538 g/mol. The van der Waals surface area contributed by atoms with Crippen molar-refractivity contribution in [3.63, 3.8) is 0 Å². The normalized spacial score (nSPS) is 11.7. The SMILES string of the molecule is C=C(C)C(=O)OCC(C)COc1ccc(-c2nc(-c3ccc(C)cc3C)nc(-c3ccc(C)cc3C)n2)c(O)c1. The van der Waals surface area contributed by atoms with E-state index in [0.717, 1.165) is 33.4 Å². The molecule has 0 saturated heterocycles. The van der Waals surface area contributed by atoms with Crippen LogP contribution in [0.2, 0.25) is 0 Å². The zero-order valence-corrected chi connectivity index (χ0v) is 23.9. The Morgan fingerprint density at radius 2 is 1.30 bits per heavy atom. The Bertz CT molecular complexity index is 1510. The first-order valence-corrected chi connectivity index (χ1v) is 13.2. The van der Waals surface area contributed by atoms with Crippen molar-refractivity contribution in [1.82, 2.24) is 15.0 Å². The van der Waals surface area contributed by atoms with Crippen molar-refractivity contribution in [2.75, 3.05) is 13.2 Å². The van der Waals surface area contributed by atoms with Gasteiger partial charge in [-0.05, 0) is 57.9 Å². The highest BCUT2D eigenvalue weighted by Gasteiger charge is 2.18. The third-order valence-corrected chi connectivity index (χ3v) is 6.47. The lowest BCUT2D eigenvalue weighted by molar-refractivity contribution is -0.140.